The van der Waals surface area contributed by atoms with Crippen LogP contribution < -0.4 is 20.7 Å². The molecule has 0 radical (unpaired) electrons. The van der Waals surface area contributed by atoms with Crippen LogP contribution in [-0.2, 0) is 0 Å². The first-order valence-corrected chi connectivity index (χ1v) is 14.4. The van der Waals surface area contributed by atoms with Crippen molar-refractivity contribution in [3.63, 3.8) is 0 Å². The van der Waals surface area contributed by atoms with Gasteiger partial charge in [0.2, 0.25) is 10.9 Å². The molecule has 0 atom stereocenters. The molecule has 0 spiro atoms. The first-order chi connectivity index (χ1) is 17.1. The molecule has 2 aromatic carbocycles. The second kappa shape index (κ2) is 20.5. The zero-order chi connectivity index (χ0) is 29.3. The number of hydrogen-bond acceptors (Lipinski definition) is 8. The molecular weight excluding hydrogens is 500 g/mol. The quantitative estimate of drug-likeness (QED) is 0.323. The van der Waals surface area contributed by atoms with Crippen LogP contribution in [0, 0.1) is 20.9 Å². The molecule has 0 amide bonds. The molecule has 6 nitrogen and oxygen atoms in total. The van der Waals surface area contributed by atoms with Crippen molar-refractivity contribution in [2.45, 2.75) is 62.3 Å². The molecule has 0 saturated heterocycles. The fraction of sp³-hybridized carbons (Fsp3) is 0.724. The standard InChI is InChI=1S/C11H18N2OS.C10H16N2OS.2C4H10/c1-4-13(5-2)7-6-12(3)9-8-10(15)11(9)14;1-4-11(2)5-6-12(3)8-7-9(14)10(8)13;2*1-4(2)3/h8H,4-7H2,1-3H3;7H,4-6H2,1-3H3;2*4H,1-3H3. The van der Waals surface area contributed by atoms with Gasteiger partial charge < -0.3 is 19.6 Å². The minimum atomic E-state index is 0.0154. The van der Waals surface area contributed by atoms with E-state index in [-0.39, 0.29) is 10.9 Å². The van der Waals surface area contributed by atoms with E-state index >= 15 is 0 Å². The van der Waals surface area contributed by atoms with Crippen LogP contribution in [-0.4, -0.2) is 76.8 Å². The lowest BCUT2D eigenvalue weighted by atomic mass is 10.2. The van der Waals surface area contributed by atoms with Crippen molar-refractivity contribution in [3.05, 3.63) is 41.6 Å². The Labute approximate surface area is 237 Å². The van der Waals surface area contributed by atoms with E-state index in [1.165, 1.54) is 0 Å². The van der Waals surface area contributed by atoms with E-state index in [0.717, 1.165) is 69.0 Å². The Morgan fingerprint density at radius 3 is 1.19 bits per heavy atom. The Morgan fingerprint density at radius 2 is 0.946 bits per heavy atom. The third-order valence-corrected chi connectivity index (χ3v) is 5.88. The fourth-order valence-electron chi connectivity index (χ4n) is 2.73. The molecule has 8 heteroatoms. The molecule has 2 rings (SSSR count). The predicted molar refractivity (Wildman–Crippen MR) is 170 cm³/mol. The van der Waals surface area contributed by atoms with Crippen molar-refractivity contribution in [2.75, 3.05) is 76.8 Å². The van der Waals surface area contributed by atoms with E-state index in [4.69, 9.17) is 24.4 Å². The van der Waals surface area contributed by atoms with Crippen LogP contribution in [0.4, 0.5) is 11.4 Å². The highest BCUT2D eigenvalue weighted by Gasteiger charge is 2.12. The van der Waals surface area contributed by atoms with Crippen LogP contribution in [0.1, 0.15) is 62.3 Å². The highest BCUT2D eigenvalue weighted by atomic mass is 32.1. The summed E-state index contributed by atoms with van der Waals surface area (Å²) >= 11 is 9.62. The third kappa shape index (κ3) is 16.9. The number of hydrogen-bond donors (Lipinski definition) is 0. The summed E-state index contributed by atoms with van der Waals surface area (Å²) in [5.41, 5.74) is 1.54. The van der Waals surface area contributed by atoms with Gasteiger partial charge in [-0.15, -0.1) is 0 Å². The van der Waals surface area contributed by atoms with Gasteiger partial charge in [0.15, 0.2) is 0 Å². The molecule has 0 heterocycles. The lowest BCUT2D eigenvalue weighted by Crippen LogP contribution is -2.35. The van der Waals surface area contributed by atoms with Gasteiger partial charge in [0, 0.05) is 40.3 Å². The zero-order valence-corrected chi connectivity index (χ0v) is 27.3. The van der Waals surface area contributed by atoms with Gasteiger partial charge in [-0.1, -0.05) is 86.7 Å². The molecule has 0 N–H and O–H groups in total. The molecule has 37 heavy (non-hydrogen) atoms. The summed E-state index contributed by atoms with van der Waals surface area (Å²) in [6.45, 7) is 26.2. The molecule has 0 aliphatic rings. The molecule has 0 aliphatic heterocycles. The maximum Gasteiger partial charge on any atom is 0.219 e. The Hall–Kier alpha value is -1.48. The largest absolute Gasteiger partial charge is 0.370 e. The molecule has 2 aromatic rings. The van der Waals surface area contributed by atoms with Crippen LogP contribution in [0.15, 0.2) is 21.7 Å². The van der Waals surface area contributed by atoms with E-state index in [1.807, 2.05) is 23.9 Å². The summed E-state index contributed by atoms with van der Waals surface area (Å²) in [6.07, 6.45) is 0. The summed E-state index contributed by atoms with van der Waals surface area (Å²) in [7, 11) is 5.93. The number of likely N-dealkylation sites (N-methyl/N-ethyl adjacent to an activating group) is 4. The summed E-state index contributed by atoms with van der Waals surface area (Å²) in [5.74, 6) is 1.67. The molecular formula is C29H54N4O2S2. The Kier molecular flexibility index (Phi) is 20.8. The van der Waals surface area contributed by atoms with E-state index in [2.05, 4.69) is 79.2 Å². The molecule has 0 saturated carbocycles. The SMILES string of the molecule is CC(C)C.CC(C)C.CCN(C)CCN(C)c1cc(=S)c1=O.CCN(CC)CCN(C)c1cc(=S)c1=O. The summed E-state index contributed by atoms with van der Waals surface area (Å²) < 4.78 is 0.912. The maximum atomic E-state index is 11.3. The van der Waals surface area contributed by atoms with Crippen molar-refractivity contribution < 1.29 is 0 Å². The van der Waals surface area contributed by atoms with Crippen LogP contribution >= 0.6 is 24.4 Å². The highest BCUT2D eigenvalue weighted by Crippen LogP contribution is 2.10. The highest BCUT2D eigenvalue weighted by molar-refractivity contribution is 7.71. The summed E-state index contributed by atoms with van der Waals surface area (Å²) in [4.78, 5) is 31.1. The molecule has 214 valence electrons. The summed E-state index contributed by atoms with van der Waals surface area (Å²) in [5, 5.41) is 0. The van der Waals surface area contributed by atoms with Crippen LogP contribution in [0.5, 0.6) is 0 Å². The first kappa shape index (κ1) is 37.7. The van der Waals surface area contributed by atoms with Crippen molar-refractivity contribution in [3.8, 4) is 0 Å². The van der Waals surface area contributed by atoms with Crippen molar-refractivity contribution in [1.29, 1.82) is 0 Å². The monoisotopic (exact) mass is 554 g/mol. The van der Waals surface area contributed by atoms with Crippen molar-refractivity contribution in [2.24, 2.45) is 11.8 Å². The van der Waals surface area contributed by atoms with Gasteiger partial charge in [0.05, 0.1) is 20.4 Å². The van der Waals surface area contributed by atoms with Crippen molar-refractivity contribution in [1.82, 2.24) is 9.80 Å². The van der Waals surface area contributed by atoms with E-state index in [9.17, 15) is 9.59 Å². The maximum absolute atomic E-state index is 11.3. The molecule has 0 bridgehead atoms. The predicted octanol–water partition coefficient (Wildman–Crippen LogP) is 5.79. The van der Waals surface area contributed by atoms with Gasteiger partial charge in [-0.05, 0) is 50.7 Å². The molecule has 0 aliphatic carbocycles. The second-order valence-corrected chi connectivity index (χ2v) is 11.6. The second-order valence-electron chi connectivity index (χ2n) is 10.7. The smallest absolute Gasteiger partial charge is 0.219 e. The lowest BCUT2D eigenvalue weighted by Gasteiger charge is -2.24. The van der Waals surface area contributed by atoms with Crippen LogP contribution in [0.25, 0.3) is 0 Å². The van der Waals surface area contributed by atoms with Gasteiger partial charge in [-0.25, -0.2) is 0 Å². The van der Waals surface area contributed by atoms with Crippen molar-refractivity contribution >= 4 is 35.8 Å². The van der Waals surface area contributed by atoms with Crippen LogP contribution in [0.3, 0.4) is 0 Å². The summed E-state index contributed by atoms with van der Waals surface area (Å²) in [6, 6.07) is 3.55. The number of rotatable bonds is 11. The van der Waals surface area contributed by atoms with Gasteiger partial charge in [-0.2, -0.15) is 0 Å². The van der Waals surface area contributed by atoms with Gasteiger partial charge in [-0.3, -0.25) is 9.59 Å². The van der Waals surface area contributed by atoms with Crippen LogP contribution in [0.2, 0.25) is 0 Å². The average Bonchev–Trinajstić information content (AvgIpc) is 2.83. The average molecular weight is 555 g/mol. The minimum absolute atomic E-state index is 0.0154. The van der Waals surface area contributed by atoms with E-state index in [1.54, 1.807) is 12.1 Å². The molecule has 0 unspecified atom stereocenters. The van der Waals surface area contributed by atoms with Gasteiger partial charge >= 0.3 is 0 Å². The molecule has 0 fully saturated rings. The minimum Gasteiger partial charge on any atom is -0.370 e. The van der Waals surface area contributed by atoms with Gasteiger partial charge in [0.1, 0.15) is 0 Å². The normalized spacial score (nSPS) is 10.7. The lowest BCUT2D eigenvalue weighted by molar-refractivity contribution is 0.311. The Balaban J connectivity index is 0. The van der Waals surface area contributed by atoms with Gasteiger partial charge in [0.25, 0.3) is 0 Å². The van der Waals surface area contributed by atoms with E-state index < -0.39 is 0 Å². The molecule has 0 aromatic heterocycles. The zero-order valence-electron chi connectivity index (χ0n) is 25.7. The number of anilines is 2. The fourth-order valence-corrected chi connectivity index (χ4v) is 3.16. The van der Waals surface area contributed by atoms with E-state index in [0.29, 0.717) is 9.02 Å². The first-order valence-electron chi connectivity index (χ1n) is 13.6. The number of nitrogens with zero attached hydrogens (tertiary/aromatic N) is 4. The Bertz CT molecular complexity index is 974. The third-order valence-electron chi connectivity index (χ3n) is 5.27. The Morgan fingerprint density at radius 1 is 0.622 bits per heavy atom. The topological polar surface area (TPSA) is 47.1 Å².